The van der Waals surface area contributed by atoms with Crippen LogP contribution in [-0.4, -0.2) is 87.3 Å². The summed E-state index contributed by atoms with van der Waals surface area (Å²) in [4.78, 5) is 74.7. The van der Waals surface area contributed by atoms with Gasteiger partial charge in [-0.1, -0.05) is 65.0 Å². The molecule has 1 aromatic heterocycles. The minimum absolute atomic E-state index is 0.00992. The fourth-order valence-electron chi connectivity index (χ4n) is 5.12. The molecule has 3 N–H and O–H groups in total. The first-order valence-electron chi connectivity index (χ1n) is 15.4. The highest BCUT2D eigenvalue weighted by molar-refractivity contribution is 5.98. The van der Waals surface area contributed by atoms with Crippen LogP contribution >= 0.6 is 0 Å². The molecule has 1 saturated heterocycles. The van der Waals surface area contributed by atoms with E-state index in [2.05, 4.69) is 25.9 Å². The smallest absolute Gasteiger partial charge is 0.372 e. The summed E-state index contributed by atoms with van der Waals surface area (Å²) >= 11 is 0. The average molecular weight is 663 g/mol. The van der Waals surface area contributed by atoms with E-state index in [0.717, 1.165) is 5.56 Å². The van der Waals surface area contributed by atoms with Crippen molar-refractivity contribution in [2.75, 3.05) is 6.54 Å². The molecule has 3 rings (SSSR count). The third kappa shape index (κ3) is 10.0. The number of alkyl halides is 3. The first-order chi connectivity index (χ1) is 22.1. The standard InChI is InChI=1S/C32H41F3N6O6/c1-6-22(27(42)32(33,34)35)38-29(44)24-14-21(47-17-20-10-8-7-9-11-20)16-41(24)31(46)26(19(4)5)40-30(45)25(18(2)3)39-28(43)23-15-36-12-13-37-23/h7-13,15,18-19,21-22,24-26H,6,14,16-17H2,1-5H3,(H,38,44)(H,39,43)(H,40,45). The number of carbonyl (C=O) groups is 5. The number of rotatable bonds is 14. The lowest BCUT2D eigenvalue weighted by Crippen LogP contribution is -2.59. The van der Waals surface area contributed by atoms with Gasteiger partial charge in [0.15, 0.2) is 0 Å². The predicted octanol–water partition coefficient (Wildman–Crippen LogP) is 2.58. The zero-order valence-electron chi connectivity index (χ0n) is 26.9. The maximum Gasteiger partial charge on any atom is 0.452 e. The van der Waals surface area contributed by atoms with Crippen molar-refractivity contribution in [2.24, 2.45) is 11.8 Å². The number of hydrogen-bond acceptors (Lipinski definition) is 8. The van der Waals surface area contributed by atoms with E-state index in [-0.39, 0.29) is 31.7 Å². The van der Waals surface area contributed by atoms with Crippen molar-refractivity contribution in [3.63, 3.8) is 0 Å². The van der Waals surface area contributed by atoms with Gasteiger partial charge >= 0.3 is 6.18 Å². The average Bonchev–Trinajstić information content (AvgIpc) is 3.47. The highest BCUT2D eigenvalue weighted by atomic mass is 19.4. The lowest BCUT2D eigenvalue weighted by Gasteiger charge is -2.32. The topological polar surface area (TPSA) is 160 Å². The van der Waals surface area contributed by atoms with Crippen LogP contribution < -0.4 is 16.0 Å². The maximum atomic E-state index is 14.1. The minimum atomic E-state index is -5.16. The molecule has 15 heteroatoms. The summed E-state index contributed by atoms with van der Waals surface area (Å²) in [7, 11) is 0. The summed E-state index contributed by atoms with van der Waals surface area (Å²) in [5, 5.41) is 7.48. The maximum absolute atomic E-state index is 14.1. The number of nitrogens with zero attached hydrogens (tertiary/aromatic N) is 3. The molecule has 2 heterocycles. The van der Waals surface area contributed by atoms with E-state index in [9.17, 15) is 37.1 Å². The molecule has 1 fully saturated rings. The zero-order chi connectivity index (χ0) is 34.9. The van der Waals surface area contributed by atoms with Crippen molar-refractivity contribution < 1.29 is 41.9 Å². The lowest BCUT2D eigenvalue weighted by molar-refractivity contribution is -0.174. The molecule has 0 aliphatic carbocycles. The number of halogens is 3. The fraction of sp³-hybridized carbons (Fsp3) is 0.531. The Balaban J connectivity index is 1.83. The molecule has 4 amide bonds. The van der Waals surface area contributed by atoms with Crippen LogP contribution in [0.5, 0.6) is 0 Å². The van der Waals surface area contributed by atoms with Crippen LogP contribution in [0, 0.1) is 11.8 Å². The van der Waals surface area contributed by atoms with Gasteiger partial charge in [-0.15, -0.1) is 0 Å². The number of ketones is 1. The van der Waals surface area contributed by atoms with Gasteiger partial charge in [-0.05, 0) is 23.8 Å². The number of likely N-dealkylation sites (tertiary alicyclic amines) is 1. The van der Waals surface area contributed by atoms with Crippen LogP contribution in [0.25, 0.3) is 0 Å². The van der Waals surface area contributed by atoms with Crippen molar-refractivity contribution in [1.29, 1.82) is 0 Å². The van der Waals surface area contributed by atoms with Gasteiger partial charge in [0, 0.05) is 25.4 Å². The molecule has 0 saturated carbocycles. The largest absolute Gasteiger partial charge is 0.452 e. The summed E-state index contributed by atoms with van der Waals surface area (Å²) in [5.74, 6) is -5.93. The first-order valence-corrected chi connectivity index (χ1v) is 15.4. The second-order valence-electron chi connectivity index (χ2n) is 12.0. The summed E-state index contributed by atoms with van der Waals surface area (Å²) in [5.41, 5.74) is 0.819. The van der Waals surface area contributed by atoms with E-state index in [1.165, 1.54) is 30.4 Å². The number of Topliss-reactive ketones (excluding diaryl/α,β-unsaturated/α-hetero) is 1. The first kappa shape index (κ1) is 37.1. The lowest BCUT2D eigenvalue weighted by atomic mass is 9.98. The molecule has 5 atom stereocenters. The van der Waals surface area contributed by atoms with Crippen LogP contribution in [-0.2, 0) is 30.5 Å². The zero-order valence-corrected chi connectivity index (χ0v) is 26.9. The van der Waals surface area contributed by atoms with Gasteiger partial charge in [0.25, 0.3) is 11.7 Å². The van der Waals surface area contributed by atoms with E-state index in [4.69, 9.17) is 4.74 Å². The van der Waals surface area contributed by atoms with Gasteiger partial charge in [0.2, 0.25) is 17.7 Å². The quantitative estimate of drug-likeness (QED) is 0.279. The summed E-state index contributed by atoms with van der Waals surface area (Å²) in [6.45, 7) is 8.15. The molecule has 12 nitrogen and oxygen atoms in total. The molecule has 1 aromatic carbocycles. The van der Waals surface area contributed by atoms with E-state index in [0.29, 0.717) is 0 Å². The summed E-state index contributed by atoms with van der Waals surface area (Å²) in [6, 6.07) is 3.75. The molecule has 0 spiro atoms. The van der Waals surface area contributed by atoms with Crippen LogP contribution in [0.2, 0.25) is 0 Å². The monoisotopic (exact) mass is 662 g/mol. The number of hydrogen-bond donors (Lipinski definition) is 3. The molecule has 256 valence electrons. The van der Waals surface area contributed by atoms with Gasteiger partial charge in [0.1, 0.15) is 23.8 Å². The van der Waals surface area contributed by atoms with Crippen LogP contribution in [0.4, 0.5) is 13.2 Å². The Morgan fingerprint density at radius 2 is 1.62 bits per heavy atom. The van der Waals surface area contributed by atoms with E-state index >= 15 is 0 Å². The molecular weight excluding hydrogens is 621 g/mol. The molecule has 5 unspecified atom stereocenters. The summed E-state index contributed by atoms with van der Waals surface area (Å²) < 4.78 is 45.6. The van der Waals surface area contributed by atoms with Crippen LogP contribution in [0.1, 0.15) is 63.5 Å². The van der Waals surface area contributed by atoms with E-state index in [1.807, 2.05) is 30.3 Å². The predicted molar refractivity (Wildman–Crippen MR) is 163 cm³/mol. The third-order valence-corrected chi connectivity index (χ3v) is 7.76. The van der Waals surface area contributed by atoms with Crippen LogP contribution in [0.15, 0.2) is 48.9 Å². The summed E-state index contributed by atoms with van der Waals surface area (Å²) in [6.07, 6.45) is -2.25. The molecule has 0 bridgehead atoms. The Hall–Kier alpha value is -4.40. The van der Waals surface area contributed by atoms with Crippen molar-refractivity contribution >= 4 is 29.4 Å². The number of benzene rings is 1. The van der Waals surface area contributed by atoms with Crippen molar-refractivity contribution in [2.45, 2.75) is 90.5 Å². The second kappa shape index (κ2) is 16.4. The second-order valence-corrected chi connectivity index (χ2v) is 12.0. The SMILES string of the molecule is CCC(NC(=O)C1CC(OCc2ccccc2)CN1C(=O)C(NC(=O)C(NC(=O)c1cnccn1)C(C)C)C(C)C)C(=O)C(F)(F)F. The highest BCUT2D eigenvalue weighted by Gasteiger charge is 2.47. The Kier molecular flexibility index (Phi) is 13.0. The Labute approximate surface area is 271 Å². The Bertz CT molecular complexity index is 1390. The molecule has 2 aromatic rings. The molecular formula is C32H41F3N6O6. The minimum Gasteiger partial charge on any atom is -0.372 e. The number of ether oxygens (including phenoxy) is 1. The van der Waals surface area contributed by atoms with Gasteiger partial charge in [-0.2, -0.15) is 13.2 Å². The number of aromatic nitrogens is 2. The van der Waals surface area contributed by atoms with E-state index in [1.54, 1.807) is 27.7 Å². The van der Waals surface area contributed by atoms with Crippen molar-refractivity contribution in [1.82, 2.24) is 30.8 Å². The van der Waals surface area contributed by atoms with Crippen LogP contribution in [0.3, 0.4) is 0 Å². The van der Waals surface area contributed by atoms with Gasteiger partial charge in [-0.3, -0.25) is 29.0 Å². The Morgan fingerprint density at radius 3 is 2.17 bits per heavy atom. The number of carbonyl (C=O) groups excluding carboxylic acids is 5. The van der Waals surface area contributed by atoms with Gasteiger partial charge in [0.05, 0.1) is 24.9 Å². The Morgan fingerprint density at radius 1 is 0.957 bits per heavy atom. The normalized spacial score (nSPS) is 18.4. The molecule has 0 radical (unpaired) electrons. The highest BCUT2D eigenvalue weighted by Crippen LogP contribution is 2.26. The molecule has 1 aliphatic heterocycles. The van der Waals surface area contributed by atoms with Gasteiger partial charge in [-0.25, -0.2) is 4.98 Å². The fourth-order valence-corrected chi connectivity index (χ4v) is 5.12. The third-order valence-electron chi connectivity index (χ3n) is 7.76. The van der Waals surface area contributed by atoms with Crippen molar-refractivity contribution in [3.8, 4) is 0 Å². The van der Waals surface area contributed by atoms with Crippen molar-refractivity contribution in [3.05, 3.63) is 60.2 Å². The van der Waals surface area contributed by atoms with E-state index < -0.39 is 77.7 Å². The molecule has 47 heavy (non-hydrogen) atoms. The number of nitrogens with one attached hydrogen (secondary N) is 3. The molecule has 1 aliphatic rings. The number of amides is 4. The van der Waals surface area contributed by atoms with Gasteiger partial charge < -0.3 is 25.6 Å².